The van der Waals surface area contributed by atoms with Gasteiger partial charge in [0.2, 0.25) is 0 Å². The lowest BCUT2D eigenvalue weighted by atomic mass is 10.2. The third-order valence-electron chi connectivity index (χ3n) is 3.37. The number of nitrogens with one attached hydrogen (secondary N) is 1. The second-order valence-electron chi connectivity index (χ2n) is 5.40. The highest BCUT2D eigenvalue weighted by Crippen LogP contribution is 2.22. The van der Waals surface area contributed by atoms with E-state index in [1.54, 1.807) is 0 Å². The number of aryl methyl sites for hydroxylation is 1. The molecular weight excluding hydrogens is 340 g/mol. The largest absolute Gasteiger partial charge is 0.492 e. The Hall–Kier alpha value is -3.42. The van der Waals surface area contributed by atoms with Crippen LogP contribution in [0.4, 0.5) is 5.69 Å². The first-order chi connectivity index (χ1) is 12.5. The van der Waals surface area contributed by atoms with Gasteiger partial charge in [0.15, 0.2) is 12.9 Å². The molecule has 0 bridgehead atoms. The number of nitrogens with zero attached hydrogens (tertiary/aromatic N) is 1. The molecule has 8 heteroatoms. The molecule has 0 aliphatic heterocycles. The first-order valence-corrected chi connectivity index (χ1v) is 7.82. The van der Waals surface area contributed by atoms with Gasteiger partial charge in [0.25, 0.3) is 11.6 Å². The molecule has 0 radical (unpaired) electrons. The number of amides is 1. The van der Waals surface area contributed by atoms with E-state index in [2.05, 4.69) is 5.32 Å². The van der Waals surface area contributed by atoms with E-state index in [9.17, 15) is 19.7 Å². The molecule has 26 heavy (non-hydrogen) atoms. The minimum atomic E-state index is -0.613. The molecule has 1 amide bonds. The number of ether oxygens (including phenoxy) is 2. The minimum Gasteiger partial charge on any atom is -0.492 e. The molecule has 0 spiro atoms. The van der Waals surface area contributed by atoms with Gasteiger partial charge in [-0.15, -0.1) is 0 Å². The molecule has 0 aliphatic rings. The first-order valence-electron chi connectivity index (χ1n) is 7.82. The van der Waals surface area contributed by atoms with Gasteiger partial charge in [-0.25, -0.2) is 0 Å². The summed E-state index contributed by atoms with van der Waals surface area (Å²) >= 11 is 0. The van der Waals surface area contributed by atoms with Gasteiger partial charge in [-0.05, 0) is 30.7 Å². The summed E-state index contributed by atoms with van der Waals surface area (Å²) in [4.78, 5) is 32.8. The van der Waals surface area contributed by atoms with E-state index in [0.29, 0.717) is 12.9 Å². The zero-order valence-electron chi connectivity index (χ0n) is 14.1. The molecule has 1 N–H and O–H groups in total. The van der Waals surface area contributed by atoms with Crippen LogP contribution in [0.5, 0.6) is 11.5 Å². The number of benzene rings is 2. The molecule has 2 rings (SSSR count). The maximum absolute atomic E-state index is 11.8. The summed E-state index contributed by atoms with van der Waals surface area (Å²) in [6.07, 6.45) is 0.440. The highest BCUT2D eigenvalue weighted by Gasteiger charge is 2.12. The number of nitro groups is 1. The lowest BCUT2D eigenvalue weighted by molar-refractivity contribution is -0.384. The quantitative estimate of drug-likeness (QED) is 0.319. The smallest absolute Gasteiger partial charge is 0.270 e. The first kappa shape index (κ1) is 18.9. The molecule has 136 valence electrons. The van der Waals surface area contributed by atoms with Crippen LogP contribution in [0.1, 0.15) is 15.9 Å². The Morgan fingerprint density at radius 3 is 2.73 bits per heavy atom. The van der Waals surface area contributed by atoms with E-state index in [-0.39, 0.29) is 30.2 Å². The Kier molecular flexibility index (Phi) is 6.67. The molecule has 8 nitrogen and oxygen atoms in total. The Morgan fingerprint density at radius 2 is 2.04 bits per heavy atom. The van der Waals surface area contributed by atoms with Crippen molar-refractivity contribution in [2.75, 3.05) is 19.8 Å². The maximum Gasteiger partial charge on any atom is 0.270 e. The average Bonchev–Trinajstić information content (AvgIpc) is 2.63. The van der Waals surface area contributed by atoms with Crippen molar-refractivity contribution < 1.29 is 24.0 Å². The van der Waals surface area contributed by atoms with E-state index in [0.717, 1.165) is 17.4 Å². The molecule has 0 atom stereocenters. The van der Waals surface area contributed by atoms with Crippen molar-refractivity contribution in [2.24, 2.45) is 0 Å². The van der Waals surface area contributed by atoms with Crippen LogP contribution in [0.25, 0.3) is 0 Å². The highest BCUT2D eigenvalue weighted by atomic mass is 16.6. The van der Waals surface area contributed by atoms with E-state index in [1.165, 1.54) is 12.1 Å². The van der Waals surface area contributed by atoms with Crippen LogP contribution in [0.2, 0.25) is 0 Å². The zero-order valence-corrected chi connectivity index (χ0v) is 14.1. The summed E-state index contributed by atoms with van der Waals surface area (Å²) < 4.78 is 10.8. The van der Waals surface area contributed by atoms with Crippen LogP contribution in [-0.4, -0.2) is 36.9 Å². The van der Waals surface area contributed by atoms with Crippen molar-refractivity contribution in [3.8, 4) is 11.5 Å². The van der Waals surface area contributed by atoms with E-state index < -0.39 is 10.8 Å². The van der Waals surface area contributed by atoms with Crippen molar-refractivity contribution in [1.29, 1.82) is 0 Å². The Balaban J connectivity index is 1.76. The Labute approximate surface area is 149 Å². The Morgan fingerprint density at radius 1 is 1.23 bits per heavy atom. The highest BCUT2D eigenvalue weighted by molar-refractivity contribution is 5.81. The number of carbonyl (C=O) groups is 2. The molecule has 0 aromatic heterocycles. The number of rotatable bonds is 9. The predicted octanol–water partition coefficient (Wildman–Crippen LogP) is 2.29. The van der Waals surface area contributed by atoms with Crippen molar-refractivity contribution in [2.45, 2.75) is 6.92 Å². The lowest BCUT2D eigenvalue weighted by Gasteiger charge is -2.10. The molecule has 0 aliphatic carbocycles. The summed E-state index contributed by atoms with van der Waals surface area (Å²) in [6.45, 7) is 2.23. The number of carbonyl (C=O) groups excluding carboxylic acids is 2. The van der Waals surface area contributed by atoms with Crippen LogP contribution in [0.15, 0.2) is 42.5 Å². The molecule has 0 saturated carbocycles. The van der Waals surface area contributed by atoms with Crippen molar-refractivity contribution in [1.82, 2.24) is 5.32 Å². The van der Waals surface area contributed by atoms with E-state index in [4.69, 9.17) is 9.47 Å². The fraction of sp³-hybridized carbons (Fsp3) is 0.222. The summed E-state index contributed by atoms with van der Waals surface area (Å²) in [5, 5.41) is 13.3. The predicted molar refractivity (Wildman–Crippen MR) is 93.7 cm³/mol. The zero-order chi connectivity index (χ0) is 18.9. The van der Waals surface area contributed by atoms with Gasteiger partial charge in [-0.1, -0.05) is 12.1 Å². The summed E-state index contributed by atoms with van der Waals surface area (Å²) in [5.41, 5.74) is 0.862. The van der Waals surface area contributed by atoms with Gasteiger partial charge < -0.3 is 14.8 Å². The monoisotopic (exact) mass is 358 g/mol. The SMILES string of the molecule is Cc1cccc(OCCNC(=O)COc2ccc([N+](=O)[O-])cc2C=O)c1. The number of hydrogen-bond donors (Lipinski definition) is 1. The van der Waals surface area contributed by atoms with Crippen LogP contribution in [-0.2, 0) is 4.79 Å². The maximum atomic E-state index is 11.8. The van der Waals surface area contributed by atoms with Gasteiger partial charge in [-0.2, -0.15) is 0 Å². The molecule has 2 aromatic rings. The van der Waals surface area contributed by atoms with Crippen LogP contribution >= 0.6 is 0 Å². The summed E-state index contributed by atoms with van der Waals surface area (Å²) in [6, 6.07) is 11.1. The topological polar surface area (TPSA) is 108 Å². The van der Waals surface area contributed by atoms with Gasteiger partial charge in [0.05, 0.1) is 17.0 Å². The summed E-state index contributed by atoms with van der Waals surface area (Å²) in [5.74, 6) is 0.432. The fourth-order valence-corrected chi connectivity index (χ4v) is 2.13. The number of hydrogen-bond acceptors (Lipinski definition) is 6. The summed E-state index contributed by atoms with van der Waals surface area (Å²) in [7, 11) is 0. The average molecular weight is 358 g/mol. The fourth-order valence-electron chi connectivity index (χ4n) is 2.13. The number of nitro benzene ring substituents is 1. The molecule has 0 fully saturated rings. The molecule has 0 unspecified atom stereocenters. The molecule has 0 heterocycles. The van der Waals surface area contributed by atoms with Crippen LogP contribution in [0.3, 0.4) is 0 Å². The molecule has 2 aromatic carbocycles. The molecular formula is C18H18N2O6. The van der Waals surface area contributed by atoms with E-state index in [1.807, 2.05) is 31.2 Å². The molecule has 0 saturated heterocycles. The van der Waals surface area contributed by atoms with Crippen molar-refractivity contribution >= 4 is 17.9 Å². The second kappa shape index (κ2) is 9.16. The van der Waals surface area contributed by atoms with E-state index >= 15 is 0 Å². The van der Waals surface area contributed by atoms with Gasteiger partial charge >= 0.3 is 0 Å². The van der Waals surface area contributed by atoms with Crippen LogP contribution in [0, 0.1) is 17.0 Å². The standard InChI is InChI=1S/C18H18N2O6/c1-13-3-2-4-16(9-13)25-8-7-19-18(22)12-26-17-6-5-15(20(23)24)10-14(17)11-21/h2-6,9-11H,7-8,12H2,1H3,(H,19,22). The Bertz CT molecular complexity index is 806. The number of aldehydes is 1. The lowest BCUT2D eigenvalue weighted by Crippen LogP contribution is -2.32. The van der Waals surface area contributed by atoms with Crippen molar-refractivity contribution in [3.63, 3.8) is 0 Å². The van der Waals surface area contributed by atoms with Crippen LogP contribution < -0.4 is 14.8 Å². The van der Waals surface area contributed by atoms with Crippen molar-refractivity contribution in [3.05, 3.63) is 63.7 Å². The van der Waals surface area contributed by atoms with Gasteiger partial charge in [0, 0.05) is 12.1 Å². The third-order valence-corrected chi connectivity index (χ3v) is 3.37. The van der Waals surface area contributed by atoms with Gasteiger partial charge in [0.1, 0.15) is 18.1 Å². The minimum absolute atomic E-state index is 0.00906. The normalized spacial score (nSPS) is 10.0. The number of non-ortho nitro benzene ring substituents is 1. The second-order valence-corrected chi connectivity index (χ2v) is 5.40. The van der Waals surface area contributed by atoms with Gasteiger partial charge in [-0.3, -0.25) is 19.7 Å². The third kappa shape index (κ3) is 5.59.